The number of fused-ring (bicyclic) bond motifs is 1. The topological polar surface area (TPSA) is 29.5 Å². The molecular formula is C17H16FNO2S. The number of hydrogen-bond donors (Lipinski definition) is 0. The van der Waals surface area contributed by atoms with Crippen molar-refractivity contribution in [2.45, 2.75) is 13.0 Å². The molecule has 0 bridgehead atoms. The van der Waals surface area contributed by atoms with E-state index in [9.17, 15) is 9.18 Å². The van der Waals surface area contributed by atoms with Crippen molar-refractivity contribution in [2.75, 3.05) is 13.7 Å². The summed E-state index contributed by atoms with van der Waals surface area (Å²) in [4.78, 5) is 15.4. The highest BCUT2D eigenvalue weighted by Gasteiger charge is 2.19. The zero-order valence-corrected chi connectivity index (χ0v) is 13.0. The van der Waals surface area contributed by atoms with Crippen molar-refractivity contribution in [3.63, 3.8) is 0 Å². The number of thiophene rings is 1. The smallest absolute Gasteiger partial charge is 0.246 e. The van der Waals surface area contributed by atoms with Crippen molar-refractivity contribution in [2.24, 2.45) is 0 Å². The molecule has 1 amide bonds. The molecule has 5 heteroatoms. The van der Waals surface area contributed by atoms with Gasteiger partial charge in [0.2, 0.25) is 5.91 Å². The zero-order valence-electron chi connectivity index (χ0n) is 12.2. The predicted octanol–water partition coefficient (Wildman–Crippen LogP) is 3.49. The van der Waals surface area contributed by atoms with Gasteiger partial charge >= 0.3 is 0 Å². The normalized spacial score (nSPS) is 14.2. The third-order valence-corrected chi connectivity index (χ3v) is 4.74. The number of halogens is 1. The van der Waals surface area contributed by atoms with Crippen LogP contribution in [0, 0.1) is 5.82 Å². The lowest BCUT2D eigenvalue weighted by Crippen LogP contribution is -2.34. The van der Waals surface area contributed by atoms with Crippen molar-refractivity contribution in [1.29, 1.82) is 0 Å². The summed E-state index contributed by atoms with van der Waals surface area (Å²) in [6.07, 6.45) is 4.04. The van der Waals surface area contributed by atoms with Crippen LogP contribution in [0.25, 0.3) is 6.08 Å². The molecule has 0 radical (unpaired) electrons. The summed E-state index contributed by atoms with van der Waals surface area (Å²) in [7, 11) is 1.42. The van der Waals surface area contributed by atoms with Gasteiger partial charge in [0.05, 0.1) is 7.11 Å². The summed E-state index contributed by atoms with van der Waals surface area (Å²) < 4.78 is 18.5. The molecule has 3 nitrogen and oxygen atoms in total. The van der Waals surface area contributed by atoms with E-state index in [4.69, 9.17) is 4.74 Å². The van der Waals surface area contributed by atoms with Gasteiger partial charge in [-0.1, -0.05) is 6.07 Å². The van der Waals surface area contributed by atoms with E-state index in [-0.39, 0.29) is 11.7 Å². The maximum atomic E-state index is 13.6. The zero-order chi connectivity index (χ0) is 15.5. The molecule has 0 saturated carbocycles. The first-order valence-electron chi connectivity index (χ1n) is 7.03. The van der Waals surface area contributed by atoms with Gasteiger partial charge in [0.1, 0.15) is 0 Å². The Hall–Kier alpha value is -2.14. The quantitative estimate of drug-likeness (QED) is 0.811. The highest BCUT2D eigenvalue weighted by molar-refractivity contribution is 7.10. The lowest BCUT2D eigenvalue weighted by Gasteiger charge is -2.25. The number of benzene rings is 1. The Bertz CT molecular complexity index is 723. The second kappa shape index (κ2) is 6.32. The standard InChI is InChI=1S/C17H16FNO2S/c1-21-15-4-2-12(10-14(15)18)3-5-17(20)19-8-6-16-13(11-19)7-9-22-16/h2-5,7,9-10H,6,8,11H2,1H3/b5-3+. The molecule has 114 valence electrons. The fourth-order valence-corrected chi connectivity index (χ4v) is 3.39. The third-order valence-electron chi connectivity index (χ3n) is 3.71. The van der Waals surface area contributed by atoms with Gasteiger partial charge in [-0.3, -0.25) is 4.79 Å². The number of rotatable bonds is 3. The Morgan fingerprint density at radius 2 is 2.27 bits per heavy atom. The molecule has 3 rings (SSSR count). The van der Waals surface area contributed by atoms with Gasteiger partial charge in [-0.25, -0.2) is 4.39 Å². The van der Waals surface area contributed by atoms with Crippen molar-refractivity contribution in [1.82, 2.24) is 4.90 Å². The van der Waals surface area contributed by atoms with Crippen LogP contribution < -0.4 is 4.74 Å². The van der Waals surface area contributed by atoms with E-state index in [2.05, 4.69) is 11.4 Å². The van der Waals surface area contributed by atoms with E-state index in [1.807, 2.05) is 4.90 Å². The predicted molar refractivity (Wildman–Crippen MR) is 85.4 cm³/mol. The summed E-state index contributed by atoms with van der Waals surface area (Å²) in [5, 5.41) is 2.06. The monoisotopic (exact) mass is 317 g/mol. The molecule has 1 aliphatic heterocycles. The van der Waals surface area contributed by atoms with Crippen LogP contribution in [0.15, 0.2) is 35.7 Å². The molecule has 2 heterocycles. The van der Waals surface area contributed by atoms with Crippen molar-refractivity contribution in [3.05, 3.63) is 57.5 Å². The largest absolute Gasteiger partial charge is 0.494 e. The maximum absolute atomic E-state index is 13.6. The van der Waals surface area contributed by atoms with E-state index in [0.29, 0.717) is 12.1 Å². The average Bonchev–Trinajstić information content (AvgIpc) is 3.00. The summed E-state index contributed by atoms with van der Waals surface area (Å²) in [5.74, 6) is -0.282. The molecule has 1 aliphatic rings. The van der Waals surface area contributed by atoms with Gasteiger partial charge in [-0.15, -0.1) is 11.3 Å². The summed E-state index contributed by atoms with van der Waals surface area (Å²) in [5.41, 5.74) is 1.87. The number of hydrogen-bond acceptors (Lipinski definition) is 3. The van der Waals surface area contributed by atoms with Gasteiger partial charge in [0.15, 0.2) is 11.6 Å². The molecule has 0 unspecified atom stereocenters. The average molecular weight is 317 g/mol. The Kier molecular flexibility index (Phi) is 4.24. The SMILES string of the molecule is COc1ccc(/C=C/C(=O)N2CCc3sccc3C2)cc1F. The Morgan fingerprint density at radius 1 is 1.41 bits per heavy atom. The number of amides is 1. The van der Waals surface area contributed by atoms with E-state index >= 15 is 0 Å². The molecule has 2 aromatic rings. The molecule has 0 fully saturated rings. The summed E-state index contributed by atoms with van der Waals surface area (Å²) in [6, 6.07) is 6.70. The lowest BCUT2D eigenvalue weighted by molar-refractivity contribution is -0.126. The van der Waals surface area contributed by atoms with Crippen LogP contribution in [-0.4, -0.2) is 24.5 Å². The van der Waals surface area contributed by atoms with Gasteiger partial charge in [0, 0.05) is 24.0 Å². The first-order chi connectivity index (χ1) is 10.7. The van der Waals surface area contributed by atoms with E-state index in [0.717, 1.165) is 13.0 Å². The highest BCUT2D eigenvalue weighted by Crippen LogP contribution is 2.24. The molecule has 0 aliphatic carbocycles. The highest BCUT2D eigenvalue weighted by atomic mass is 32.1. The van der Waals surface area contributed by atoms with Crippen LogP contribution in [0.5, 0.6) is 5.75 Å². The molecule has 0 atom stereocenters. The minimum absolute atomic E-state index is 0.0481. The van der Waals surface area contributed by atoms with Crippen LogP contribution in [0.1, 0.15) is 16.0 Å². The third kappa shape index (κ3) is 3.04. The van der Waals surface area contributed by atoms with Gasteiger partial charge < -0.3 is 9.64 Å². The van der Waals surface area contributed by atoms with Crippen LogP contribution in [0.4, 0.5) is 4.39 Å². The van der Waals surface area contributed by atoms with Crippen LogP contribution in [0.2, 0.25) is 0 Å². The summed E-state index contributed by atoms with van der Waals surface area (Å²) >= 11 is 1.74. The molecule has 0 saturated heterocycles. The second-order valence-electron chi connectivity index (χ2n) is 5.11. The van der Waals surface area contributed by atoms with Crippen molar-refractivity contribution in [3.8, 4) is 5.75 Å². The Labute approximate surface area is 132 Å². The first-order valence-corrected chi connectivity index (χ1v) is 7.91. The lowest BCUT2D eigenvalue weighted by atomic mass is 10.1. The Morgan fingerprint density at radius 3 is 3.05 bits per heavy atom. The second-order valence-corrected chi connectivity index (χ2v) is 6.11. The van der Waals surface area contributed by atoms with E-state index in [1.165, 1.54) is 29.7 Å². The first kappa shape index (κ1) is 14.8. The minimum atomic E-state index is -0.432. The molecule has 1 aromatic heterocycles. The van der Waals surface area contributed by atoms with Gasteiger partial charge in [0.25, 0.3) is 0 Å². The van der Waals surface area contributed by atoms with Gasteiger partial charge in [-0.05, 0) is 47.2 Å². The van der Waals surface area contributed by atoms with Crippen molar-refractivity contribution >= 4 is 23.3 Å². The van der Waals surface area contributed by atoms with Crippen molar-refractivity contribution < 1.29 is 13.9 Å². The molecule has 1 aromatic carbocycles. The Balaban J connectivity index is 1.68. The van der Waals surface area contributed by atoms with E-state index in [1.54, 1.807) is 29.5 Å². The number of ether oxygens (including phenoxy) is 1. The number of nitrogens with zero attached hydrogens (tertiary/aromatic N) is 1. The number of carbonyl (C=O) groups is 1. The fourth-order valence-electron chi connectivity index (χ4n) is 2.50. The fraction of sp³-hybridized carbons (Fsp3) is 0.235. The van der Waals surface area contributed by atoms with E-state index < -0.39 is 5.82 Å². The molecule has 0 spiro atoms. The van der Waals surface area contributed by atoms with Crippen LogP contribution in [0.3, 0.4) is 0 Å². The van der Waals surface area contributed by atoms with Crippen LogP contribution >= 0.6 is 11.3 Å². The number of methoxy groups -OCH3 is 1. The van der Waals surface area contributed by atoms with Gasteiger partial charge in [-0.2, -0.15) is 0 Å². The summed E-state index contributed by atoms with van der Waals surface area (Å²) in [6.45, 7) is 1.38. The van der Waals surface area contributed by atoms with Crippen LogP contribution in [-0.2, 0) is 17.8 Å². The molecule has 22 heavy (non-hydrogen) atoms. The number of carbonyl (C=O) groups excluding carboxylic acids is 1. The maximum Gasteiger partial charge on any atom is 0.246 e. The molecule has 0 N–H and O–H groups in total. The minimum Gasteiger partial charge on any atom is -0.494 e. The molecular weight excluding hydrogens is 301 g/mol.